The van der Waals surface area contributed by atoms with Crippen molar-refractivity contribution < 1.29 is 32.4 Å². The number of aryl methyl sites for hydroxylation is 1. The molecule has 12 nitrogen and oxygen atoms in total. The summed E-state index contributed by atoms with van der Waals surface area (Å²) in [5.74, 6) is -0.694. The van der Waals surface area contributed by atoms with Gasteiger partial charge in [-0.1, -0.05) is 54.8 Å². The van der Waals surface area contributed by atoms with E-state index in [1.807, 2.05) is 51.1 Å². The Bertz CT molecular complexity index is 1540. The molecule has 13 heteroatoms. The van der Waals surface area contributed by atoms with Crippen LogP contribution in [0.15, 0.2) is 41.1 Å². The molecule has 1 aromatic heterocycles. The summed E-state index contributed by atoms with van der Waals surface area (Å²) in [6.45, 7) is 10.9. The lowest BCUT2D eigenvalue weighted by Gasteiger charge is -2.47. The van der Waals surface area contributed by atoms with E-state index in [-0.39, 0.29) is 30.1 Å². The van der Waals surface area contributed by atoms with Crippen LogP contribution in [0.3, 0.4) is 0 Å². The van der Waals surface area contributed by atoms with E-state index in [2.05, 4.69) is 26.0 Å². The summed E-state index contributed by atoms with van der Waals surface area (Å²) in [7, 11) is -3.88. The maximum absolute atomic E-state index is 14.1. The quantitative estimate of drug-likeness (QED) is 0.262. The fourth-order valence-electron chi connectivity index (χ4n) is 6.90. The van der Waals surface area contributed by atoms with E-state index < -0.39 is 56.2 Å². The number of sulfone groups is 1. The van der Waals surface area contributed by atoms with Gasteiger partial charge in [0.05, 0.1) is 28.6 Å². The zero-order chi connectivity index (χ0) is 35.4. The van der Waals surface area contributed by atoms with Crippen molar-refractivity contribution in [3.8, 4) is 0 Å². The smallest absolute Gasteiger partial charge is 0.257 e. The van der Waals surface area contributed by atoms with Gasteiger partial charge in [0.2, 0.25) is 11.8 Å². The Kier molecular flexibility index (Phi) is 11.8. The van der Waals surface area contributed by atoms with E-state index in [4.69, 9.17) is 4.52 Å². The van der Waals surface area contributed by atoms with Gasteiger partial charge in [0.1, 0.15) is 17.9 Å². The predicted molar refractivity (Wildman–Crippen MR) is 183 cm³/mol. The van der Waals surface area contributed by atoms with Gasteiger partial charge in [-0.25, -0.2) is 8.42 Å². The van der Waals surface area contributed by atoms with Crippen molar-refractivity contribution in [3.05, 3.63) is 53.4 Å². The number of aliphatic hydroxyl groups excluding tert-OH is 1. The number of piperidine rings is 1. The number of aliphatic hydroxyl groups is 1. The highest BCUT2D eigenvalue weighted by Crippen LogP contribution is 2.39. The van der Waals surface area contributed by atoms with Crippen LogP contribution < -0.4 is 16.0 Å². The summed E-state index contributed by atoms with van der Waals surface area (Å²) in [5.41, 5.74) is 0.778. The molecular formula is C35H53N5O7S. The fourth-order valence-corrected chi connectivity index (χ4v) is 7.49. The Morgan fingerprint density at radius 3 is 2.27 bits per heavy atom. The molecule has 2 heterocycles. The number of β-amino-alcohol motifs (C(OH)–C–C–N with tert-alkyl or cyclic N) is 1. The Balaban J connectivity index is 1.63. The molecule has 1 aliphatic heterocycles. The second-order valence-corrected chi connectivity index (χ2v) is 17.8. The second kappa shape index (κ2) is 15.1. The lowest BCUT2D eigenvalue weighted by Crippen LogP contribution is -2.64. The first-order valence-electron chi connectivity index (χ1n) is 16.9. The molecule has 2 aliphatic rings. The van der Waals surface area contributed by atoms with Crippen LogP contribution in [0.1, 0.15) is 88.3 Å². The van der Waals surface area contributed by atoms with Crippen molar-refractivity contribution in [2.24, 2.45) is 11.8 Å². The molecule has 1 aliphatic carbocycles. The number of hydrogen-bond acceptors (Lipinski definition) is 9. The van der Waals surface area contributed by atoms with E-state index in [1.165, 1.54) is 13.8 Å². The molecule has 2 fully saturated rings. The maximum Gasteiger partial charge on any atom is 0.257 e. The summed E-state index contributed by atoms with van der Waals surface area (Å²) >= 11 is 0. The van der Waals surface area contributed by atoms with Gasteiger partial charge in [-0.3, -0.25) is 19.3 Å². The minimum absolute atomic E-state index is 0.0728. The predicted octanol–water partition coefficient (Wildman–Crippen LogP) is 2.79. The number of carbonyl (C=O) groups is 3. The van der Waals surface area contributed by atoms with E-state index in [1.54, 1.807) is 6.92 Å². The van der Waals surface area contributed by atoms with Gasteiger partial charge in [-0.05, 0) is 78.2 Å². The average Bonchev–Trinajstić information content (AvgIpc) is 3.43. The van der Waals surface area contributed by atoms with Gasteiger partial charge in [0.25, 0.3) is 5.91 Å². The number of fused-ring (bicyclic) bond motifs is 1. The summed E-state index contributed by atoms with van der Waals surface area (Å²) in [5, 5.41) is 24.2. The van der Waals surface area contributed by atoms with Crippen LogP contribution in [0.4, 0.5) is 0 Å². The van der Waals surface area contributed by atoms with E-state index in [0.717, 1.165) is 43.8 Å². The lowest BCUT2D eigenvalue weighted by molar-refractivity contribution is -0.133. The molecule has 4 N–H and O–H groups in total. The first kappa shape index (κ1) is 37.5. The molecule has 0 bridgehead atoms. The third-order valence-corrected chi connectivity index (χ3v) is 12.1. The van der Waals surface area contributed by atoms with E-state index in [0.29, 0.717) is 24.8 Å². The van der Waals surface area contributed by atoms with Gasteiger partial charge < -0.3 is 25.6 Å². The zero-order valence-corrected chi connectivity index (χ0v) is 30.1. The highest BCUT2D eigenvalue weighted by atomic mass is 32.2. The van der Waals surface area contributed by atoms with Gasteiger partial charge in [-0.2, -0.15) is 0 Å². The topological polar surface area (TPSA) is 171 Å². The van der Waals surface area contributed by atoms with Crippen LogP contribution >= 0.6 is 0 Å². The van der Waals surface area contributed by atoms with Crippen LogP contribution in [0.5, 0.6) is 0 Å². The molecule has 1 aromatic carbocycles. The number of amides is 3. The molecule has 1 saturated carbocycles. The van der Waals surface area contributed by atoms with Gasteiger partial charge in [0.15, 0.2) is 9.84 Å². The van der Waals surface area contributed by atoms with Crippen LogP contribution in [-0.4, -0.2) is 95.2 Å². The van der Waals surface area contributed by atoms with Crippen molar-refractivity contribution in [3.63, 3.8) is 0 Å². The Hall–Kier alpha value is -3.29. The Morgan fingerprint density at radius 1 is 1.04 bits per heavy atom. The average molecular weight is 688 g/mol. The van der Waals surface area contributed by atoms with E-state index >= 15 is 0 Å². The van der Waals surface area contributed by atoms with Crippen LogP contribution in [0.2, 0.25) is 0 Å². The summed E-state index contributed by atoms with van der Waals surface area (Å²) in [4.78, 5) is 43.0. The SMILES string of the molecule is Cc1nocc1C(=O)N[C@H](C(=O)N[C@@H](Cc1ccccc1)[C@H](O)CN1CC2CCCCC2C[C@H]1C(=O)NC(C)(C)C)C(C)(C)S(C)(=O)=O. The largest absolute Gasteiger partial charge is 0.390 e. The number of nitrogens with one attached hydrogen (secondary N) is 3. The first-order chi connectivity index (χ1) is 22.4. The third kappa shape index (κ3) is 9.23. The minimum atomic E-state index is -3.88. The summed E-state index contributed by atoms with van der Waals surface area (Å²) in [6.07, 6.45) is 6.41. The summed E-state index contributed by atoms with van der Waals surface area (Å²) in [6, 6.07) is 6.52. The lowest BCUT2D eigenvalue weighted by atomic mass is 9.72. The van der Waals surface area contributed by atoms with Crippen molar-refractivity contribution in [1.29, 1.82) is 0 Å². The monoisotopic (exact) mass is 687 g/mol. The maximum atomic E-state index is 14.1. The number of rotatable bonds is 12. The standard InChI is InChI=1S/C35H53N5O7S/c1-22-26(21-47-39-22)31(42)37-30(35(5,6)48(7,45)46)33(44)36-27(17-23-13-9-8-10-14-23)29(41)20-40-19-25-16-12-11-15-24(25)18-28(40)32(43)38-34(2,3)4/h8-10,13-14,21,24-25,27-30,41H,11-12,15-20H2,1-7H3,(H,36,44)(H,37,42)(H,38,43)/t24?,25?,27-,28-,29+,30+/m0/s1. The Labute approximate surface area is 284 Å². The molecular weight excluding hydrogens is 634 g/mol. The highest BCUT2D eigenvalue weighted by molar-refractivity contribution is 7.92. The molecule has 4 rings (SSSR count). The van der Waals surface area contributed by atoms with Crippen LogP contribution in [0.25, 0.3) is 0 Å². The van der Waals surface area contributed by atoms with Crippen LogP contribution in [0, 0.1) is 18.8 Å². The summed E-state index contributed by atoms with van der Waals surface area (Å²) < 4.78 is 29.1. The number of aromatic nitrogens is 1. The second-order valence-electron chi connectivity index (χ2n) is 15.2. The van der Waals surface area contributed by atoms with Gasteiger partial charge in [0, 0.05) is 24.9 Å². The van der Waals surface area contributed by atoms with Crippen molar-refractivity contribution in [2.45, 2.75) is 115 Å². The molecule has 1 saturated heterocycles. The molecule has 2 aromatic rings. The first-order valence-corrected chi connectivity index (χ1v) is 18.8. The zero-order valence-electron chi connectivity index (χ0n) is 29.3. The van der Waals surface area contributed by atoms with Gasteiger partial charge in [-0.15, -0.1) is 0 Å². The normalized spacial score (nSPS) is 22.5. The number of nitrogens with zero attached hydrogens (tertiary/aromatic N) is 2. The van der Waals surface area contributed by atoms with E-state index in [9.17, 15) is 27.9 Å². The highest BCUT2D eigenvalue weighted by Gasteiger charge is 2.46. The molecule has 2 unspecified atom stereocenters. The molecule has 48 heavy (non-hydrogen) atoms. The molecule has 0 spiro atoms. The minimum Gasteiger partial charge on any atom is -0.390 e. The van der Waals surface area contributed by atoms with Crippen LogP contribution in [-0.2, 0) is 25.8 Å². The van der Waals surface area contributed by atoms with Crippen molar-refractivity contribution in [1.82, 2.24) is 26.0 Å². The number of likely N-dealkylation sites (tertiary alicyclic amines) is 1. The van der Waals surface area contributed by atoms with Gasteiger partial charge >= 0.3 is 0 Å². The molecule has 0 radical (unpaired) electrons. The number of benzene rings is 1. The molecule has 3 amide bonds. The fraction of sp³-hybridized carbons (Fsp3) is 0.657. The molecule has 6 atom stereocenters. The van der Waals surface area contributed by atoms with Crippen molar-refractivity contribution >= 4 is 27.6 Å². The Morgan fingerprint density at radius 2 is 1.69 bits per heavy atom. The number of hydrogen-bond donors (Lipinski definition) is 4. The number of carbonyl (C=O) groups excluding carboxylic acids is 3. The van der Waals surface area contributed by atoms with Crippen molar-refractivity contribution in [2.75, 3.05) is 19.3 Å². The molecule has 266 valence electrons. The third-order valence-electron chi connectivity index (χ3n) is 10.00.